The van der Waals surface area contributed by atoms with E-state index in [1.54, 1.807) is 31.1 Å². The van der Waals surface area contributed by atoms with Gasteiger partial charge in [0, 0.05) is 22.1 Å². The molecule has 0 unspecified atom stereocenters. The van der Waals surface area contributed by atoms with E-state index in [4.69, 9.17) is 4.74 Å². The van der Waals surface area contributed by atoms with Crippen LogP contribution in [0.15, 0.2) is 81.6 Å². The first-order valence-corrected chi connectivity index (χ1v) is 8.43. The number of pyridine rings is 1. The maximum absolute atomic E-state index is 5.04. The lowest BCUT2D eigenvalue weighted by Crippen LogP contribution is -1.85. The average Bonchev–Trinajstić information content (AvgIpc) is 2.63. The summed E-state index contributed by atoms with van der Waals surface area (Å²) in [4.78, 5) is 11.0. The van der Waals surface area contributed by atoms with Gasteiger partial charge in [0.15, 0.2) is 0 Å². The molecule has 0 amide bonds. The van der Waals surface area contributed by atoms with Gasteiger partial charge < -0.3 is 4.74 Å². The third-order valence-corrected chi connectivity index (χ3v) is 4.45. The summed E-state index contributed by atoms with van der Waals surface area (Å²) >= 11 is 1.76. The van der Waals surface area contributed by atoms with Gasteiger partial charge in [-0.1, -0.05) is 41.6 Å². The van der Waals surface area contributed by atoms with Gasteiger partial charge >= 0.3 is 0 Å². The molecule has 4 heteroatoms. The highest BCUT2D eigenvalue weighted by atomic mass is 32.2. The zero-order chi connectivity index (χ0) is 16.8. The smallest absolute Gasteiger partial charge is 0.213 e. The van der Waals surface area contributed by atoms with E-state index in [0.29, 0.717) is 5.88 Å². The number of hydrogen-bond donors (Lipinski definition) is 0. The monoisotopic (exact) mass is 334 g/mol. The topological polar surface area (TPSA) is 34.5 Å². The van der Waals surface area contributed by atoms with Crippen molar-refractivity contribution >= 4 is 23.7 Å². The van der Waals surface area contributed by atoms with Gasteiger partial charge in [-0.25, -0.2) is 4.98 Å². The van der Waals surface area contributed by atoms with Gasteiger partial charge in [0.2, 0.25) is 5.88 Å². The predicted molar refractivity (Wildman–Crippen MR) is 99.8 cm³/mol. The molecule has 0 aliphatic heterocycles. The van der Waals surface area contributed by atoms with Crippen LogP contribution in [0.3, 0.4) is 0 Å². The Labute approximate surface area is 146 Å². The predicted octanol–water partition coefficient (Wildman–Crippen LogP) is 5.30. The zero-order valence-corrected chi connectivity index (χ0v) is 14.5. The van der Waals surface area contributed by atoms with Crippen LogP contribution in [0.1, 0.15) is 11.1 Å². The maximum Gasteiger partial charge on any atom is 0.213 e. The molecule has 1 aromatic heterocycles. The molecule has 0 saturated carbocycles. The summed E-state index contributed by atoms with van der Waals surface area (Å²) in [6.07, 6.45) is 3.53. The van der Waals surface area contributed by atoms with Crippen molar-refractivity contribution in [2.45, 2.75) is 16.7 Å². The van der Waals surface area contributed by atoms with E-state index in [1.165, 1.54) is 15.4 Å². The Morgan fingerprint density at radius 1 is 0.917 bits per heavy atom. The summed E-state index contributed by atoms with van der Waals surface area (Å²) in [5.41, 5.74) is 3.13. The Morgan fingerprint density at radius 2 is 1.58 bits per heavy atom. The van der Waals surface area contributed by atoms with Crippen molar-refractivity contribution in [2.75, 3.05) is 7.11 Å². The Bertz CT molecular complexity index is 810. The highest BCUT2D eigenvalue weighted by molar-refractivity contribution is 7.99. The molecule has 0 bridgehead atoms. The molecule has 24 heavy (non-hydrogen) atoms. The summed E-state index contributed by atoms with van der Waals surface area (Å²) in [6.45, 7) is 2.10. The average molecular weight is 334 g/mol. The van der Waals surface area contributed by atoms with Crippen molar-refractivity contribution in [3.63, 3.8) is 0 Å². The van der Waals surface area contributed by atoms with Crippen molar-refractivity contribution < 1.29 is 4.74 Å². The molecule has 0 atom stereocenters. The van der Waals surface area contributed by atoms with E-state index in [9.17, 15) is 0 Å². The molecular weight excluding hydrogens is 316 g/mol. The largest absolute Gasteiger partial charge is 0.481 e. The number of hydrogen-bond acceptors (Lipinski definition) is 4. The van der Waals surface area contributed by atoms with Crippen LogP contribution in [0.25, 0.3) is 0 Å². The number of aromatic nitrogens is 1. The number of rotatable bonds is 5. The summed E-state index contributed by atoms with van der Waals surface area (Å²) < 4.78 is 5.04. The zero-order valence-electron chi connectivity index (χ0n) is 13.6. The van der Waals surface area contributed by atoms with Crippen LogP contribution < -0.4 is 4.74 Å². The number of aliphatic imine (C=N–C) groups is 1. The van der Waals surface area contributed by atoms with Crippen LogP contribution in [0.4, 0.5) is 5.69 Å². The van der Waals surface area contributed by atoms with Gasteiger partial charge in [0.05, 0.1) is 19.0 Å². The quantitative estimate of drug-likeness (QED) is 0.594. The minimum Gasteiger partial charge on any atom is -0.481 e. The van der Waals surface area contributed by atoms with E-state index < -0.39 is 0 Å². The molecule has 0 radical (unpaired) electrons. The van der Waals surface area contributed by atoms with Gasteiger partial charge in [0.1, 0.15) is 0 Å². The van der Waals surface area contributed by atoms with Gasteiger partial charge in [0.25, 0.3) is 0 Å². The molecule has 2 aromatic carbocycles. The molecule has 0 fully saturated rings. The van der Waals surface area contributed by atoms with E-state index in [0.717, 1.165) is 11.3 Å². The number of nitrogens with zero attached hydrogens (tertiary/aromatic N) is 2. The number of aryl methyl sites for hydroxylation is 1. The molecule has 0 saturated heterocycles. The number of ether oxygens (including phenoxy) is 1. The molecule has 3 nitrogen and oxygen atoms in total. The SMILES string of the molecule is COc1ccc(N=Cc2ccc(Sc3ccc(C)cc3)cc2)cn1. The second kappa shape index (κ2) is 7.79. The van der Waals surface area contributed by atoms with Crippen molar-refractivity contribution in [1.29, 1.82) is 0 Å². The lowest BCUT2D eigenvalue weighted by molar-refractivity contribution is 0.398. The summed E-state index contributed by atoms with van der Waals surface area (Å²) in [5, 5.41) is 0. The van der Waals surface area contributed by atoms with Crippen molar-refractivity contribution in [3.05, 3.63) is 78.0 Å². The molecule has 0 aliphatic carbocycles. The minimum atomic E-state index is 0.589. The van der Waals surface area contributed by atoms with E-state index in [1.807, 2.05) is 12.3 Å². The van der Waals surface area contributed by atoms with Crippen molar-refractivity contribution in [1.82, 2.24) is 4.98 Å². The molecule has 0 N–H and O–H groups in total. The maximum atomic E-state index is 5.04. The lowest BCUT2D eigenvalue weighted by atomic mass is 10.2. The number of methoxy groups -OCH3 is 1. The fraction of sp³-hybridized carbons (Fsp3) is 0.100. The summed E-state index contributed by atoms with van der Waals surface area (Å²) in [6, 6.07) is 20.6. The van der Waals surface area contributed by atoms with Gasteiger partial charge in [-0.05, 0) is 42.8 Å². The molecule has 120 valence electrons. The standard InChI is InChI=1S/C20H18N2OS/c1-15-3-8-18(9-4-15)24-19-10-5-16(6-11-19)13-21-17-7-12-20(23-2)22-14-17/h3-14H,1-2H3. The Hall–Kier alpha value is -2.59. The third-order valence-electron chi connectivity index (χ3n) is 3.43. The Balaban J connectivity index is 1.65. The summed E-state index contributed by atoms with van der Waals surface area (Å²) in [5.74, 6) is 0.589. The van der Waals surface area contributed by atoms with Crippen LogP contribution >= 0.6 is 11.8 Å². The van der Waals surface area contributed by atoms with Crippen LogP contribution in [0, 0.1) is 6.92 Å². The highest BCUT2D eigenvalue weighted by Crippen LogP contribution is 2.27. The molecular formula is C20H18N2OS. The normalized spacial score (nSPS) is 10.9. The second-order valence-electron chi connectivity index (χ2n) is 5.30. The van der Waals surface area contributed by atoms with Gasteiger partial charge in [-0.2, -0.15) is 0 Å². The fourth-order valence-corrected chi connectivity index (χ4v) is 2.90. The molecule has 1 heterocycles. The fourth-order valence-electron chi connectivity index (χ4n) is 2.08. The molecule has 3 aromatic rings. The van der Waals surface area contributed by atoms with Crippen LogP contribution in [0.2, 0.25) is 0 Å². The van der Waals surface area contributed by atoms with Crippen molar-refractivity contribution in [3.8, 4) is 5.88 Å². The van der Waals surface area contributed by atoms with Crippen LogP contribution in [-0.4, -0.2) is 18.3 Å². The van der Waals surface area contributed by atoms with Crippen LogP contribution in [-0.2, 0) is 0 Å². The van der Waals surface area contributed by atoms with Crippen molar-refractivity contribution in [2.24, 2.45) is 4.99 Å². The Morgan fingerprint density at radius 3 is 2.17 bits per heavy atom. The summed E-state index contributed by atoms with van der Waals surface area (Å²) in [7, 11) is 1.60. The van der Waals surface area contributed by atoms with Gasteiger partial charge in [-0.15, -0.1) is 0 Å². The first-order valence-electron chi connectivity index (χ1n) is 7.62. The second-order valence-corrected chi connectivity index (χ2v) is 6.45. The van der Waals surface area contributed by atoms with E-state index >= 15 is 0 Å². The Kier molecular flexibility index (Phi) is 5.29. The molecule has 0 aliphatic rings. The first kappa shape index (κ1) is 16.3. The highest BCUT2D eigenvalue weighted by Gasteiger charge is 1.98. The first-order chi connectivity index (χ1) is 11.7. The van der Waals surface area contributed by atoms with Crippen LogP contribution in [0.5, 0.6) is 5.88 Å². The van der Waals surface area contributed by atoms with E-state index in [2.05, 4.69) is 65.4 Å². The third kappa shape index (κ3) is 4.46. The van der Waals surface area contributed by atoms with Gasteiger partial charge in [-0.3, -0.25) is 4.99 Å². The van der Waals surface area contributed by atoms with E-state index in [-0.39, 0.29) is 0 Å². The molecule has 3 rings (SSSR count). The molecule has 0 spiro atoms. The minimum absolute atomic E-state index is 0.589. The lowest BCUT2D eigenvalue weighted by Gasteiger charge is -2.03. The number of benzene rings is 2.